The Balaban J connectivity index is 0.000000523. The number of methoxy groups -OCH3 is 1. The quantitative estimate of drug-likeness (QED) is 0.633. The molecule has 32 heavy (non-hydrogen) atoms. The van der Waals surface area contributed by atoms with Gasteiger partial charge in [0, 0.05) is 36.0 Å². The average Bonchev–Trinajstić information content (AvgIpc) is 3.16. The first kappa shape index (κ1) is 24.1. The van der Waals surface area contributed by atoms with Gasteiger partial charge in [0.05, 0.1) is 33.2 Å². The molecule has 0 aliphatic carbocycles. The molecule has 7 nitrogen and oxygen atoms in total. The molecule has 3 aromatic rings. The van der Waals surface area contributed by atoms with Crippen LogP contribution < -0.4 is 23.6 Å². The Kier molecular flexibility index (Phi) is 6.88. The van der Waals surface area contributed by atoms with Crippen molar-refractivity contribution in [2.75, 3.05) is 19.1 Å². The number of halogens is 1. The van der Waals surface area contributed by atoms with Crippen LogP contribution in [0.1, 0.15) is 37.9 Å². The summed E-state index contributed by atoms with van der Waals surface area (Å²) in [5.74, 6) is 1.36. The molecule has 2 unspecified atom stereocenters. The second kappa shape index (κ2) is 9.13. The van der Waals surface area contributed by atoms with Gasteiger partial charge in [0.1, 0.15) is 0 Å². The van der Waals surface area contributed by atoms with Crippen molar-refractivity contribution >= 4 is 22.5 Å². The van der Waals surface area contributed by atoms with E-state index in [9.17, 15) is 0 Å². The first-order valence-corrected chi connectivity index (χ1v) is 11.6. The normalized spacial score (nSPS) is 20.4. The predicted molar refractivity (Wildman–Crippen MR) is 117 cm³/mol. The second-order valence-electron chi connectivity index (χ2n) is 7.98. The monoisotopic (exact) mass is 460 g/mol. The number of aromatic nitrogens is 1. The van der Waals surface area contributed by atoms with Crippen LogP contribution in [0.2, 0.25) is 0 Å². The molecule has 8 heteroatoms. The summed E-state index contributed by atoms with van der Waals surface area (Å²) in [5.41, 5.74) is 3.88. The topological polar surface area (TPSA) is 107 Å². The van der Waals surface area contributed by atoms with Crippen LogP contribution in [-0.4, -0.2) is 28.9 Å². The van der Waals surface area contributed by atoms with Crippen molar-refractivity contribution in [1.82, 2.24) is 4.57 Å². The maximum atomic E-state index is 8.60. The minimum absolute atomic E-state index is 0.0686. The molecule has 0 radical (unpaired) electrons. The Morgan fingerprint density at radius 1 is 1.09 bits per heavy atom. The third kappa shape index (κ3) is 4.48. The molecule has 2 atom stereocenters. The molecule has 2 aromatic carbocycles. The Hall–Kier alpha value is -2.55. The second-order valence-corrected chi connectivity index (χ2v) is 8.77. The Bertz CT molecular complexity index is 1080. The largest absolute Gasteiger partial charge is 0.482 e. The number of fused-ring (bicyclic) bond motifs is 2. The van der Waals surface area contributed by atoms with E-state index in [1.807, 2.05) is 0 Å². The number of rotatable bonds is 4. The van der Waals surface area contributed by atoms with Crippen LogP contribution in [-0.2, 0) is 6.54 Å². The van der Waals surface area contributed by atoms with E-state index < -0.39 is 10.2 Å². The van der Waals surface area contributed by atoms with Crippen LogP contribution >= 0.6 is 0 Å². The number of likely N-dealkylation sites (N-methyl/N-ethyl adjacent to an activating group) is 1. The molecule has 0 amide bonds. The zero-order valence-corrected chi connectivity index (χ0v) is 19.7. The zero-order valence-electron chi connectivity index (χ0n) is 18.9. The van der Waals surface area contributed by atoms with Crippen molar-refractivity contribution in [2.24, 2.45) is 0 Å². The minimum Gasteiger partial charge on any atom is -0.482 e. The summed E-state index contributed by atoms with van der Waals surface area (Å²) < 4.78 is 40.7. The van der Waals surface area contributed by atoms with Crippen molar-refractivity contribution in [2.45, 2.75) is 38.8 Å². The van der Waals surface area contributed by atoms with E-state index in [0.29, 0.717) is 5.92 Å². The Morgan fingerprint density at radius 2 is 1.66 bits per heavy atom. The zero-order chi connectivity index (χ0) is 23.7. The number of hydrogen-bond acceptors (Lipinski definition) is 6. The van der Waals surface area contributed by atoms with Crippen molar-refractivity contribution in [3.63, 3.8) is 0 Å². The molecule has 1 aromatic heterocycles. The molecule has 1 aliphatic rings. The molecule has 1 aliphatic heterocycles. The minimum atomic E-state index is -4.69. The highest BCUT2D eigenvalue weighted by Crippen LogP contribution is 2.47. The lowest BCUT2D eigenvalue weighted by atomic mass is 9.84. The average molecular weight is 461 g/mol. The van der Waals surface area contributed by atoms with Gasteiger partial charge in [-0.2, -0.15) is 14.0 Å². The molecule has 0 saturated heterocycles. The maximum Gasteiger partial charge on any atom is 0.201 e. The molecule has 2 heterocycles. The molecular formula is C24H29ClN2O5. The van der Waals surface area contributed by atoms with Crippen molar-refractivity contribution in [3.05, 3.63) is 65.9 Å². The molecule has 0 bridgehead atoms. The molecular weight excluding hydrogens is 432 g/mol. The highest BCUT2D eigenvalue weighted by Gasteiger charge is 2.41. The van der Waals surface area contributed by atoms with Crippen LogP contribution in [0.4, 0.5) is 5.69 Å². The fourth-order valence-corrected chi connectivity index (χ4v) is 4.53. The third-order valence-corrected chi connectivity index (χ3v) is 6.42. The number of ether oxygens (including phenoxy) is 1. The summed E-state index contributed by atoms with van der Waals surface area (Å²) in [5, 5.41) is 2.41. The number of benzene rings is 2. The van der Waals surface area contributed by atoms with Gasteiger partial charge in [0.15, 0.2) is 0 Å². The van der Waals surface area contributed by atoms with Gasteiger partial charge in [-0.05, 0) is 37.6 Å². The fourth-order valence-electron chi connectivity index (χ4n) is 4.53. The number of anilines is 1. The van der Waals surface area contributed by atoms with Gasteiger partial charge in [-0.25, -0.2) is 0 Å². The van der Waals surface area contributed by atoms with E-state index in [1.165, 1.54) is 27.7 Å². The summed E-state index contributed by atoms with van der Waals surface area (Å²) in [6.45, 7) is 7.69. The first-order chi connectivity index (χ1) is 15.0. The van der Waals surface area contributed by atoms with Gasteiger partial charge in [-0.3, -0.25) is 0 Å². The van der Waals surface area contributed by atoms with E-state index in [1.54, 1.807) is 7.11 Å². The standard InChI is InChI=1S/C24H28N2O.ClHO4/c1-6-26-22(19-12-7-8-13-20(19)23(26)27-5)15-16-24(3)17(2)18-11-9-10-14-21(18)25(24)4;2-1(3,4)5/h7-17H,6H2,1-5H3;(H,2,3,4,5). The Labute approximate surface area is 190 Å². The van der Waals surface area contributed by atoms with Crippen LogP contribution in [0.15, 0.2) is 54.6 Å². The lowest BCUT2D eigenvalue weighted by Crippen LogP contribution is -2.58. The van der Waals surface area contributed by atoms with Gasteiger partial charge < -0.3 is 14.2 Å². The smallest absolute Gasteiger partial charge is 0.201 e. The third-order valence-electron chi connectivity index (χ3n) is 6.42. The number of para-hydroxylation sites is 1. The van der Waals surface area contributed by atoms with Gasteiger partial charge >= 0.3 is 0 Å². The van der Waals surface area contributed by atoms with Gasteiger partial charge in [-0.15, -0.1) is 0 Å². The molecule has 0 spiro atoms. The van der Waals surface area contributed by atoms with Gasteiger partial charge in [0.25, 0.3) is 0 Å². The van der Waals surface area contributed by atoms with Gasteiger partial charge in [0.2, 0.25) is 5.88 Å². The summed E-state index contributed by atoms with van der Waals surface area (Å²) in [4.78, 5) is 2.40. The van der Waals surface area contributed by atoms with Gasteiger partial charge in [-0.1, -0.05) is 49.4 Å². The van der Waals surface area contributed by atoms with E-state index >= 15 is 0 Å². The predicted octanol–water partition coefficient (Wildman–Crippen LogP) is 1.57. The first-order valence-electron chi connectivity index (χ1n) is 10.3. The number of nitrogens with zero attached hydrogens (tertiary/aromatic N) is 2. The van der Waals surface area contributed by atoms with Crippen molar-refractivity contribution in [1.29, 1.82) is 0 Å². The van der Waals surface area contributed by atoms with E-state index in [0.717, 1.165) is 12.4 Å². The summed E-state index contributed by atoms with van der Waals surface area (Å²) in [6.07, 6.45) is 4.65. The van der Waals surface area contributed by atoms with Crippen LogP contribution in [0.25, 0.3) is 16.8 Å². The van der Waals surface area contributed by atoms with Crippen molar-refractivity contribution in [3.8, 4) is 5.88 Å². The summed E-state index contributed by atoms with van der Waals surface area (Å²) >= 11 is 0. The van der Waals surface area contributed by atoms with Crippen LogP contribution in [0.3, 0.4) is 0 Å². The number of hydrogen-bond donors (Lipinski definition) is 1. The highest BCUT2D eigenvalue weighted by atomic mass is 35.7. The summed E-state index contributed by atoms with van der Waals surface area (Å²) in [6, 6.07) is 17.2. The molecule has 0 fully saturated rings. The lowest BCUT2D eigenvalue weighted by molar-refractivity contribution is -1.92. The molecule has 0 saturated carbocycles. The SMILES string of the molecule is CCn1c(C=CC2(C)C(C)c3ccccc3N2C)c2ccccc2c1OC.[O-][Cl+3]([O-])([O-])O. The lowest BCUT2D eigenvalue weighted by Gasteiger charge is -2.35. The van der Waals surface area contributed by atoms with Crippen LogP contribution in [0.5, 0.6) is 5.88 Å². The van der Waals surface area contributed by atoms with E-state index in [-0.39, 0.29) is 5.54 Å². The molecule has 1 N–H and O–H groups in total. The van der Waals surface area contributed by atoms with E-state index in [2.05, 4.69) is 98.0 Å². The molecule has 4 rings (SSSR count). The fraction of sp³-hybridized carbons (Fsp3) is 0.333. The highest BCUT2D eigenvalue weighted by molar-refractivity contribution is 5.95. The maximum absolute atomic E-state index is 8.60. The van der Waals surface area contributed by atoms with Crippen LogP contribution in [0, 0.1) is 10.2 Å². The molecule has 172 valence electrons. The van der Waals surface area contributed by atoms with Crippen molar-refractivity contribution < 1.29 is 33.6 Å². The van der Waals surface area contributed by atoms with E-state index in [4.69, 9.17) is 23.4 Å². The summed E-state index contributed by atoms with van der Waals surface area (Å²) in [7, 11) is -0.740. The Morgan fingerprint density at radius 3 is 2.22 bits per heavy atom.